The Morgan fingerprint density at radius 1 is 1.08 bits per heavy atom. The van der Waals surface area contributed by atoms with Crippen molar-refractivity contribution >= 4 is 45.0 Å². The van der Waals surface area contributed by atoms with Crippen molar-refractivity contribution in [2.45, 2.75) is 18.2 Å². The Labute approximate surface area is 153 Å². The third kappa shape index (κ3) is 2.72. The van der Waals surface area contributed by atoms with Crippen LogP contribution >= 0.6 is 23.2 Å². The molecule has 1 aromatic heterocycles. The Hall–Kier alpha value is -1.95. The summed E-state index contributed by atoms with van der Waals surface area (Å²) >= 11 is 12.4. The summed E-state index contributed by atoms with van der Waals surface area (Å²) in [6.45, 7) is 0.527. The Balaban J connectivity index is 1.98. The second-order valence-electron chi connectivity index (χ2n) is 6.06. The van der Waals surface area contributed by atoms with E-state index in [4.69, 9.17) is 33.5 Å². The normalized spacial score (nSPS) is 23.7. The Kier molecular flexibility index (Phi) is 4.23. The molecule has 0 radical (unpaired) electrons. The van der Waals surface area contributed by atoms with Gasteiger partial charge in [0.15, 0.2) is 0 Å². The van der Waals surface area contributed by atoms with E-state index in [0.717, 1.165) is 21.8 Å². The molecule has 0 aliphatic carbocycles. The molecule has 25 heavy (non-hydrogen) atoms. The SMILES string of the molecule is [N-]=[N+]=NC1COC[C@H](n2c3ccc(Cl)cc3c3cc(Cl)ccc32)[C@H]1O. The maximum atomic E-state index is 10.7. The molecule has 2 heterocycles. The lowest BCUT2D eigenvalue weighted by molar-refractivity contribution is -0.0413. The molecule has 0 saturated carbocycles. The van der Waals surface area contributed by atoms with Gasteiger partial charge in [0.05, 0.1) is 31.4 Å². The zero-order valence-corrected chi connectivity index (χ0v) is 14.5. The van der Waals surface area contributed by atoms with Gasteiger partial charge in [0.2, 0.25) is 0 Å². The number of halogens is 2. The molecule has 1 aliphatic rings. The lowest BCUT2D eigenvalue weighted by Gasteiger charge is -2.34. The van der Waals surface area contributed by atoms with E-state index in [1.165, 1.54) is 0 Å². The summed E-state index contributed by atoms with van der Waals surface area (Å²) < 4.78 is 7.60. The van der Waals surface area contributed by atoms with Crippen LogP contribution in [0.5, 0.6) is 0 Å². The largest absolute Gasteiger partial charge is 0.390 e. The molecule has 3 aromatic rings. The molecular formula is C17H14Cl2N4O2. The van der Waals surface area contributed by atoms with Crippen molar-refractivity contribution in [2.75, 3.05) is 13.2 Å². The highest BCUT2D eigenvalue weighted by Crippen LogP contribution is 2.37. The number of azide groups is 1. The molecule has 0 bridgehead atoms. The molecule has 1 fully saturated rings. The summed E-state index contributed by atoms with van der Waals surface area (Å²) in [5.74, 6) is 0. The molecule has 128 valence electrons. The number of aliphatic hydroxyl groups is 1. The lowest BCUT2D eigenvalue weighted by atomic mass is 10.0. The van der Waals surface area contributed by atoms with Crippen LogP contribution in [0.3, 0.4) is 0 Å². The zero-order chi connectivity index (χ0) is 17.6. The summed E-state index contributed by atoms with van der Waals surface area (Å²) in [6, 6.07) is 10.2. The number of rotatable bonds is 2. The summed E-state index contributed by atoms with van der Waals surface area (Å²) in [5.41, 5.74) is 10.5. The van der Waals surface area contributed by atoms with Crippen LogP contribution in [0.1, 0.15) is 6.04 Å². The van der Waals surface area contributed by atoms with E-state index >= 15 is 0 Å². The second-order valence-corrected chi connectivity index (χ2v) is 6.93. The van der Waals surface area contributed by atoms with Gasteiger partial charge in [-0.1, -0.05) is 28.3 Å². The van der Waals surface area contributed by atoms with Crippen molar-refractivity contribution in [2.24, 2.45) is 5.11 Å². The topological polar surface area (TPSA) is 83.2 Å². The molecule has 2 aromatic carbocycles. The van der Waals surface area contributed by atoms with E-state index in [2.05, 4.69) is 10.0 Å². The quantitative estimate of drug-likeness (QED) is 0.398. The third-order valence-electron chi connectivity index (χ3n) is 4.62. The maximum Gasteiger partial charge on any atom is 0.0888 e. The highest BCUT2D eigenvalue weighted by molar-refractivity contribution is 6.33. The number of hydrogen-bond donors (Lipinski definition) is 1. The Bertz CT molecular complexity index is 953. The van der Waals surface area contributed by atoms with Crippen molar-refractivity contribution in [1.29, 1.82) is 0 Å². The van der Waals surface area contributed by atoms with E-state index in [1.807, 2.05) is 41.0 Å². The smallest absolute Gasteiger partial charge is 0.0888 e. The van der Waals surface area contributed by atoms with Crippen LogP contribution in [-0.4, -0.2) is 35.0 Å². The first-order chi connectivity index (χ1) is 12.1. The van der Waals surface area contributed by atoms with Crippen molar-refractivity contribution in [3.8, 4) is 0 Å². The number of hydrogen-bond acceptors (Lipinski definition) is 3. The minimum atomic E-state index is -0.852. The van der Waals surface area contributed by atoms with Crippen LogP contribution in [0.15, 0.2) is 41.5 Å². The van der Waals surface area contributed by atoms with Gasteiger partial charge in [0.1, 0.15) is 0 Å². The molecular weight excluding hydrogens is 363 g/mol. The monoisotopic (exact) mass is 376 g/mol. The fraction of sp³-hybridized carbons (Fsp3) is 0.294. The lowest BCUT2D eigenvalue weighted by Crippen LogP contribution is -2.43. The third-order valence-corrected chi connectivity index (χ3v) is 5.09. The van der Waals surface area contributed by atoms with Crippen molar-refractivity contribution in [1.82, 2.24) is 4.57 Å². The zero-order valence-electron chi connectivity index (χ0n) is 13.0. The van der Waals surface area contributed by atoms with Crippen LogP contribution in [-0.2, 0) is 4.74 Å². The van der Waals surface area contributed by atoms with E-state index in [1.54, 1.807) is 0 Å². The van der Waals surface area contributed by atoms with Crippen molar-refractivity contribution < 1.29 is 9.84 Å². The van der Waals surface area contributed by atoms with Crippen LogP contribution in [0.2, 0.25) is 10.0 Å². The standard InChI is InChI=1S/C17H14Cl2N4O2/c18-9-1-3-14-11(5-9)12-6-10(19)2-4-15(12)23(14)16-8-25-7-13(17(16)24)21-22-20/h1-6,13,16-17,24H,7-8H2/t13?,16-,17-/m0/s1. The van der Waals surface area contributed by atoms with Crippen LogP contribution < -0.4 is 0 Å². The van der Waals surface area contributed by atoms with Crippen LogP contribution in [0, 0.1) is 0 Å². The van der Waals surface area contributed by atoms with Crippen molar-refractivity contribution in [3.63, 3.8) is 0 Å². The first-order valence-electron chi connectivity index (χ1n) is 7.79. The number of nitrogens with zero attached hydrogens (tertiary/aromatic N) is 4. The number of ether oxygens (including phenoxy) is 1. The molecule has 1 saturated heterocycles. The van der Waals surface area contributed by atoms with Gasteiger partial charge in [-0.2, -0.15) is 0 Å². The molecule has 1 N–H and O–H groups in total. The fourth-order valence-corrected chi connectivity index (χ4v) is 3.86. The average molecular weight is 377 g/mol. The number of fused-ring (bicyclic) bond motifs is 3. The van der Waals surface area contributed by atoms with Crippen LogP contribution in [0.25, 0.3) is 32.2 Å². The minimum absolute atomic E-state index is 0.205. The van der Waals surface area contributed by atoms with Gasteiger partial charge in [-0.25, -0.2) is 0 Å². The van der Waals surface area contributed by atoms with Gasteiger partial charge in [0.25, 0.3) is 0 Å². The van der Waals surface area contributed by atoms with Gasteiger partial charge in [-0.15, -0.1) is 0 Å². The molecule has 8 heteroatoms. The van der Waals surface area contributed by atoms with E-state index in [0.29, 0.717) is 16.7 Å². The number of aromatic nitrogens is 1. The van der Waals surface area contributed by atoms with E-state index < -0.39 is 12.1 Å². The first-order valence-corrected chi connectivity index (χ1v) is 8.54. The van der Waals surface area contributed by atoms with Gasteiger partial charge >= 0.3 is 0 Å². The number of aliphatic hydroxyl groups excluding tert-OH is 1. The van der Waals surface area contributed by atoms with Crippen LogP contribution in [0.4, 0.5) is 0 Å². The molecule has 0 amide bonds. The molecule has 3 atom stereocenters. The highest BCUT2D eigenvalue weighted by atomic mass is 35.5. The maximum absolute atomic E-state index is 10.7. The fourth-order valence-electron chi connectivity index (χ4n) is 3.51. The minimum Gasteiger partial charge on any atom is -0.390 e. The van der Waals surface area contributed by atoms with Crippen molar-refractivity contribution in [3.05, 3.63) is 56.9 Å². The number of benzene rings is 2. The summed E-state index contributed by atoms with van der Waals surface area (Å²) in [6.07, 6.45) is -0.852. The highest BCUT2D eigenvalue weighted by Gasteiger charge is 2.34. The first kappa shape index (κ1) is 16.5. The summed E-state index contributed by atoms with van der Waals surface area (Å²) in [7, 11) is 0. The Morgan fingerprint density at radius 3 is 2.24 bits per heavy atom. The average Bonchev–Trinajstić information content (AvgIpc) is 2.90. The van der Waals surface area contributed by atoms with Gasteiger partial charge in [-0.3, -0.25) is 0 Å². The van der Waals surface area contributed by atoms with E-state index in [-0.39, 0.29) is 12.6 Å². The summed E-state index contributed by atoms with van der Waals surface area (Å²) in [4.78, 5) is 2.81. The second kappa shape index (κ2) is 6.41. The van der Waals surface area contributed by atoms with Gasteiger partial charge < -0.3 is 14.4 Å². The van der Waals surface area contributed by atoms with Gasteiger partial charge in [0, 0.05) is 36.8 Å². The molecule has 1 unspecified atom stereocenters. The molecule has 1 aliphatic heterocycles. The van der Waals surface area contributed by atoms with Gasteiger partial charge in [-0.05, 0) is 41.9 Å². The molecule has 4 rings (SSSR count). The summed E-state index contributed by atoms with van der Waals surface area (Å²) in [5, 5.41) is 17.5. The Morgan fingerprint density at radius 2 is 1.68 bits per heavy atom. The van der Waals surface area contributed by atoms with E-state index in [9.17, 15) is 5.11 Å². The molecule has 0 spiro atoms. The predicted molar refractivity (Wildman–Crippen MR) is 98.3 cm³/mol. The predicted octanol–water partition coefficient (Wildman–Crippen LogP) is 4.71. The molecule has 6 nitrogen and oxygen atoms in total.